The van der Waals surface area contributed by atoms with E-state index in [2.05, 4.69) is 0 Å². The van der Waals surface area contributed by atoms with Crippen LogP contribution in [-0.2, 0) is 11.2 Å². The average molecular weight is 177 g/mol. The molecule has 4 nitrogen and oxygen atoms in total. The van der Waals surface area contributed by atoms with Gasteiger partial charge in [-0.15, -0.1) is 0 Å². The van der Waals surface area contributed by atoms with Gasteiger partial charge in [0.2, 0.25) is 0 Å². The molecule has 0 aliphatic carbocycles. The van der Waals surface area contributed by atoms with Crippen LogP contribution in [0.1, 0.15) is 20.3 Å². The zero-order chi connectivity index (χ0) is 8.85. The van der Waals surface area contributed by atoms with Crippen LogP contribution < -0.4 is 0 Å². The predicted octanol–water partition coefficient (Wildman–Crippen LogP) is 1.28. The lowest BCUT2D eigenvalue weighted by Gasteiger charge is -2.06. The Morgan fingerprint density at radius 3 is 2.45 bits per heavy atom. The Morgan fingerprint density at radius 2 is 2.18 bits per heavy atom. The van der Waals surface area contributed by atoms with Gasteiger partial charge in [0, 0.05) is 6.42 Å². The highest BCUT2D eigenvalue weighted by atomic mass is 32.2. The highest BCUT2D eigenvalue weighted by Gasteiger charge is 2.13. The van der Waals surface area contributed by atoms with Crippen molar-refractivity contribution < 1.29 is 9.48 Å². The van der Waals surface area contributed by atoms with Gasteiger partial charge in [0.1, 0.15) is 5.75 Å². The molecular weight excluding hydrogens is 166 g/mol. The van der Waals surface area contributed by atoms with E-state index < -0.39 is 16.1 Å². The maximum absolute atomic E-state index is 11.0. The molecule has 0 spiro atoms. The van der Waals surface area contributed by atoms with Crippen LogP contribution in [0.25, 0.3) is 0 Å². The molecule has 0 saturated carbocycles. The van der Waals surface area contributed by atoms with Crippen molar-refractivity contribution in [1.29, 1.82) is 0 Å². The highest BCUT2D eigenvalue weighted by molar-refractivity contribution is 7.95. The SMILES string of the molecule is CCC(=C[N+](=O)[O-])[S+]([O-])CC. The fourth-order valence-electron chi connectivity index (χ4n) is 0.614. The van der Waals surface area contributed by atoms with Gasteiger partial charge in [0.25, 0.3) is 6.20 Å². The molecule has 1 atom stereocenters. The number of allylic oxidation sites excluding steroid dienone is 1. The summed E-state index contributed by atoms with van der Waals surface area (Å²) in [5.41, 5.74) is 0. The summed E-state index contributed by atoms with van der Waals surface area (Å²) in [6.07, 6.45) is 1.31. The Balaban J connectivity index is 4.26. The van der Waals surface area contributed by atoms with E-state index >= 15 is 0 Å². The molecule has 0 heterocycles. The maximum atomic E-state index is 11.0. The third-order valence-electron chi connectivity index (χ3n) is 1.15. The summed E-state index contributed by atoms with van der Waals surface area (Å²) < 4.78 is 11.0. The summed E-state index contributed by atoms with van der Waals surface area (Å²) in [5.74, 6) is 0.438. The predicted molar refractivity (Wildman–Crippen MR) is 44.1 cm³/mol. The van der Waals surface area contributed by atoms with Crippen molar-refractivity contribution in [3.8, 4) is 0 Å². The molecule has 0 saturated heterocycles. The summed E-state index contributed by atoms with van der Waals surface area (Å²) in [6, 6.07) is 0. The molecule has 0 aromatic carbocycles. The van der Waals surface area contributed by atoms with Crippen LogP contribution >= 0.6 is 0 Å². The Bertz CT molecular complexity index is 169. The van der Waals surface area contributed by atoms with Crippen molar-refractivity contribution in [2.24, 2.45) is 0 Å². The van der Waals surface area contributed by atoms with Gasteiger partial charge in [0.15, 0.2) is 4.91 Å². The van der Waals surface area contributed by atoms with Gasteiger partial charge in [-0.3, -0.25) is 10.1 Å². The van der Waals surface area contributed by atoms with Crippen LogP contribution in [0.3, 0.4) is 0 Å². The number of hydrogen-bond acceptors (Lipinski definition) is 3. The molecule has 1 unspecified atom stereocenters. The van der Waals surface area contributed by atoms with E-state index in [0.29, 0.717) is 17.1 Å². The second kappa shape index (κ2) is 5.15. The number of rotatable bonds is 4. The Hall–Kier alpha value is -0.550. The van der Waals surface area contributed by atoms with E-state index in [1.807, 2.05) is 0 Å². The molecular formula is C6H11NO3S. The van der Waals surface area contributed by atoms with Crippen LogP contribution in [0.4, 0.5) is 0 Å². The topological polar surface area (TPSA) is 66.2 Å². The van der Waals surface area contributed by atoms with Crippen LogP contribution in [0, 0.1) is 10.1 Å². The largest absolute Gasteiger partial charge is 0.612 e. The van der Waals surface area contributed by atoms with E-state index in [0.717, 1.165) is 6.20 Å². The molecule has 0 aliphatic rings. The van der Waals surface area contributed by atoms with Crippen molar-refractivity contribution in [3.05, 3.63) is 21.2 Å². The average Bonchev–Trinajstić information content (AvgIpc) is 1.98. The standard InChI is InChI=1S/C6H11NO3S/c1-3-6(5-7(8)9)11(10)4-2/h5H,3-4H2,1-2H3. The minimum atomic E-state index is -1.17. The molecule has 0 amide bonds. The van der Waals surface area contributed by atoms with E-state index in [-0.39, 0.29) is 0 Å². The molecule has 0 aliphatic heterocycles. The molecule has 5 heteroatoms. The quantitative estimate of drug-likeness (QED) is 0.369. The fraction of sp³-hybridized carbons (Fsp3) is 0.667. The van der Waals surface area contributed by atoms with Crippen molar-refractivity contribution in [1.82, 2.24) is 0 Å². The van der Waals surface area contributed by atoms with Crippen LogP contribution in [0.2, 0.25) is 0 Å². The summed E-state index contributed by atoms with van der Waals surface area (Å²) in [4.78, 5) is 9.82. The van der Waals surface area contributed by atoms with Crippen molar-refractivity contribution in [3.63, 3.8) is 0 Å². The molecule has 0 fully saturated rings. The first kappa shape index (κ1) is 10.4. The molecule has 11 heavy (non-hydrogen) atoms. The summed E-state index contributed by atoms with van der Waals surface area (Å²) in [5, 5.41) is 9.98. The van der Waals surface area contributed by atoms with Gasteiger partial charge in [-0.2, -0.15) is 0 Å². The fourth-order valence-corrected chi connectivity index (χ4v) is 1.51. The minimum absolute atomic E-state index is 0.400. The number of nitro groups is 1. The second-order valence-electron chi connectivity index (χ2n) is 1.87. The smallest absolute Gasteiger partial charge is 0.284 e. The van der Waals surface area contributed by atoms with Gasteiger partial charge in [-0.25, -0.2) is 0 Å². The third-order valence-corrected chi connectivity index (χ3v) is 2.66. The van der Waals surface area contributed by atoms with Gasteiger partial charge in [0.05, 0.1) is 4.92 Å². The zero-order valence-corrected chi connectivity index (χ0v) is 7.39. The highest BCUT2D eigenvalue weighted by Crippen LogP contribution is 2.10. The summed E-state index contributed by atoms with van der Waals surface area (Å²) in [6.45, 7) is 3.49. The van der Waals surface area contributed by atoms with E-state index in [1.54, 1.807) is 13.8 Å². The maximum Gasteiger partial charge on any atom is 0.284 e. The normalized spacial score (nSPS) is 14.6. The molecule has 64 valence electrons. The van der Waals surface area contributed by atoms with E-state index in [1.165, 1.54) is 0 Å². The van der Waals surface area contributed by atoms with Gasteiger partial charge in [-0.1, -0.05) is 6.92 Å². The van der Waals surface area contributed by atoms with Gasteiger partial charge < -0.3 is 4.55 Å². The first-order valence-electron chi connectivity index (χ1n) is 3.34. The molecule has 0 N–H and O–H groups in total. The van der Waals surface area contributed by atoms with Gasteiger partial charge >= 0.3 is 0 Å². The second-order valence-corrected chi connectivity index (χ2v) is 3.66. The van der Waals surface area contributed by atoms with Crippen LogP contribution in [0.5, 0.6) is 0 Å². The molecule has 0 radical (unpaired) electrons. The molecule has 0 bridgehead atoms. The van der Waals surface area contributed by atoms with Crippen molar-refractivity contribution >= 4 is 11.2 Å². The van der Waals surface area contributed by atoms with E-state index in [9.17, 15) is 14.7 Å². The van der Waals surface area contributed by atoms with Gasteiger partial charge in [-0.05, 0) is 18.1 Å². The minimum Gasteiger partial charge on any atom is -0.612 e. The zero-order valence-electron chi connectivity index (χ0n) is 6.57. The van der Waals surface area contributed by atoms with Crippen molar-refractivity contribution in [2.75, 3.05) is 5.75 Å². The van der Waals surface area contributed by atoms with Crippen LogP contribution in [0.15, 0.2) is 11.1 Å². The molecule has 0 aromatic rings. The molecule has 0 aromatic heterocycles. The van der Waals surface area contributed by atoms with Crippen LogP contribution in [-0.4, -0.2) is 15.2 Å². The summed E-state index contributed by atoms with van der Waals surface area (Å²) in [7, 11) is 0. The lowest BCUT2D eigenvalue weighted by molar-refractivity contribution is -0.403. The number of hydrogen-bond donors (Lipinski definition) is 0. The Kier molecular flexibility index (Phi) is 4.89. The third kappa shape index (κ3) is 4.00. The summed E-state index contributed by atoms with van der Waals surface area (Å²) >= 11 is -1.17. The first-order valence-corrected chi connectivity index (χ1v) is 4.66. The lowest BCUT2D eigenvalue weighted by Crippen LogP contribution is -2.07. The Labute approximate surface area is 68.6 Å². The lowest BCUT2D eigenvalue weighted by atomic mass is 10.5. The molecule has 0 rings (SSSR count). The monoisotopic (exact) mass is 177 g/mol. The first-order chi connectivity index (χ1) is 5.11. The van der Waals surface area contributed by atoms with Crippen molar-refractivity contribution in [2.45, 2.75) is 20.3 Å². The van der Waals surface area contributed by atoms with E-state index in [4.69, 9.17) is 0 Å². The number of nitrogens with zero attached hydrogens (tertiary/aromatic N) is 1. The Morgan fingerprint density at radius 1 is 1.64 bits per heavy atom.